The van der Waals surface area contributed by atoms with Crippen LogP contribution in [-0.2, 0) is 6.54 Å². The molecule has 0 bridgehead atoms. The highest BCUT2D eigenvalue weighted by molar-refractivity contribution is 9.13. The maximum atomic E-state index is 13.6. The maximum Gasteiger partial charge on any atom is 0.150 e. The van der Waals surface area contributed by atoms with Gasteiger partial charge in [-0.2, -0.15) is 0 Å². The Balaban J connectivity index is 2.16. The molecule has 0 amide bonds. The van der Waals surface area contributed by atoms with Crippen molar-refractivity contribution < 1.29 is 8.78 Å². The second kappa shape index (κ2) is 6.33. The van der Waals surface area contributed by atoms with E-state index in [0.29, 0.717) is 11.0 Å². The fraction of sp³-hybridized carbons (Fsp3) is 0.0769. The average molecular weight is 456 g/mol. The van der Waals surface area contributed by atoms with E-state index in [2.05, 4.69) is 53.1 Å². The normalized spacial score (nSPS) is 10.6. The molecule has 2 aromatic rings. The van der Waals surface area contributed by atoms with Crippen LogP contribution in [0.15, 0.2) is 43.7 Å². The predicted molar refractivity (Wildman–Crippen MR) is 83.2 cm³/mol. The molecule has 0 aliphatic carbocycles. The molecular weight excluding hydrogens is 448 g/mol. The van der Waals surface area contributed by atoms with Gasteiger partial charge < -0.3 is 5.32 Å². The van der Waals surface area contributed by atoms with Crippen molar-refractivity contribution in [3.63, 3.8) is 0 Å². The molecule has 2 rings (SSSR count). The van der Waals surface area contributed by atoms with Gasteiger partial charge in [0.25, 0.3) is 0 Å². The molecule has 0 unspecified atom stereocenters. The zero-order valence-corrected chi connectivity index (χ0v) is 14.2. The van der Waals surface area contributed by atoms with Crippen molar-refractivity contribution in [3.8, 4) is 0 Å². The van der Waals surface area contributed by atoms with Crippen LogP contribution < -0.4 is 5.32 Å². The van der Waals surface area contributed by atoms with Crippen LogP contribution in [0.3, 0.4) is 0 Å². The highest BCUT2D eigenvalue weighted by Crippen LogP contribution is 2.26. The molecule has 0 heterocycles. The van der Waals surface area contributed by atoms with Crippen LogP contribution >= 0.6 is 47.8 Å². The molecule has 2 aromatic carbocycles. The van der Waals surface area contributed by atoms with Crippen LogP contribution in [0.25, 0.3) is 0 Å². The van der Waals surface area contributed by atoms with Crippen LogP contribution in [0.1, 0.15) is 5.56 Å². The first-order valence-corrected chi connectivity index (χ1v) is 7.67. The minimum absolute atomic E-state index is 0.123. The molecule has 0 aliphatic rings. The van der Waals surface area contributed by atoms with Gasteiger partial charge in [0.15, 0.2) is 0 Å². The Morgan fingerprint density at radius 1 is 0.895 bits per heavy atom. The summed E-state index contributed by atoms with van der Waals surface area (Å²) >= 11 is 9.79. The third-order valence-corrected chi connectivity index (χ3v) is 4.80. The molecule has 0 spiro atoms. The lowest BCUT2D eigenvalue weighted by Gasteiger charge is -2.10. The summed E-state index contributed by atoms with van der Waals surface area (Å²) in [6.07, 6.45) is 0. The van der Waals surface area contributed by atoms with E-state index in [1.54, 1.807) is 0 Å². The first kappa shape index (κ1) is 14.9. The van der Waals surface area contributed by atoms with E-state index in [0.717, 1.165) is 14.5 Å². The fourth-order valence-electron chi connectivity index (χ4n) is 1.55. The van der Waals surface area contributed by atoms with Crippen molar-refractivity contribution in [2.75, 3.05) is 5.32 Å². The third-order valence-electron chi connectivity index (χ3n) is 2.46. The Hall–Kier alpha value is -0.460. The third kappa shape index (κ3) is 3.77. The number of hydrogen-bond donors (Lipinski definition) is 1. The summed E-state index contributed by atoms with van der Waals surface area (Å²) < 4.78 is 29.4. The first-order valence-electron chi connectivity index (χ1n) is 5.29. The van der Waals surface area contributed by atoms with E-state index in [1.807, 2.05) is 18.2 Å². The lowest BCUT2D eigenvalue weighted by Crippen LogP contribution is -2.04. The van der Waals surface area contributed by atoms with Crippen molar-refractivity contribution in [2.24, 2.45) is 0 Å². The highest BCUT2D eigenvalue weighted by Gasteiger charge is 2.10. The van der Waals surface area contributed by atoms with Gasteiger partial charge in [-0.15, -0.1) is 0 Å². The summed E-state index contributed by atoms with van der Waals surface area (Å²) in [5, 5.41) is 2.76. The first-order chi connectivity index (χ1) is 8.97. The minimum atomic E-state index is -0.622. The smallest absolute Gasteiger partial charge is 0.150 e. The molecule has 0 radical (unpaired) electrons. The molecule has 0 fully saturated rings. The number of anilines is 1. The largest absolute Gasteiger partial charge is 0.376 e. The van der Waals surface area contributed by atoms with Crippen molar-refractivity contribution in [1.82, 2.24) is 0 Å². The summed E-state index contributed by atoms with van der Waals surface area (Å²) in [7, 11) is 0. The van der Waals surface area contributed by atoms with Crippen LogP contribution in [-0.4, -0.2) is 0 Å². The Bertz CT molecular complexity index is 594. The Morgan fingerprint density at radius 3 is 2.11 bits per heavy atom. The van der Waals surface area contributed by atoms with Gasteiger partial charge in [-0.25, -0.2) is 8.78 Å². The van der Waals surface area contributed by atoms with Crippen molar-refractivity contribution >= 4 is 53.5 Å². The molecule has 0 aliphatic heterocycles. The Morgan fingerprint density at radius 2 is 1.53 bits per heavy atom. The molecule has 19 heavy (non-hydrogen) atoms. The Kier molecular flexibility index (Phi) is 4.97. The topological polar surface area (TPSA) is 12.0 Å². The van der Waals surface area contributed by atoms with Gasteiger partial charge in [0, 0.05) is 20.0 Å². The second-order valence-corrected chi connectivity index (χ2v) is 6.47. The summed E-state index contributed by atoms with van der Waals surface area (Å²) in [4.78, 5) is 0. The van der Waals surface area contributed by atoms with Gasteiger partial charge in [0.05, 0.1) is 0 Å². The van der Waals surface area contributed by atoms with Gasteiger partial charge in [-0.05, 0) is 61.7 Å². The predicted octanol–water partition coefficient (Wildman–Crippen LogP) is 5.86. The van der Waals surface area contributed by atoms with Crippen LogP contribution in [0.5, 0.6) is 0 Å². The van der Waals surface area contributed by atoms with Crippen LogP contribution in [0.4, 0.5) is 14.5 Å². The molecule has 1 nitrogen and oxygen atoms in total. The molecule has 0 saturated heterocycles. The summed E-state index contributed by atoms with van der Waals surface area (Å²) in [6.45, 7) is 0.335. The van der Waals surface area contributed by atoms with Gasteiger partial charge >= 0.3 is 0 Å². The van der Waals surface area contributed by atoms with Gasteiger partial charge in [-0.1, -0.05) is 22.0 Å². The van der Waals surface area contributed by atoms with E-state index >= 15 is 0 Å². The van der Waals surface area contributed by atoms with E-state index in [1.165, 1.54) is 12.1 Å². The second-order valence-electron chi connectivity index (χ2n) is 3.85. The zero-order chi connectivity index (χ0) is 14.0. The van der Waals surface area contributed by atoms with E-state index in [4.69, 9.17) is 0 Å². The molecule has 100 valence electrons. The Labute approximate surface area is 134 Å². The number of rotatable bonds is 3. The number of benzene rings is 2. The van der Waals surface area contributed by atoms with Gasteiger partial charge in [0.1, 0.15) is 17.3 Å². The average Bonchev–Trinajstić information content (AvgIpc) is 2.32. The molecule has 0 atom stereocenters. The van der Waals surface area contributed by atoms with Gasteiger partial charge in [-0.3, -0.25) is 0 Å². The summed E-state index contributed by atoms with van der Waals surface area (Å²) in [6, 6.07) is 8.07. The lowest BCUT2D eigenvalue weighted by molar-refractivity contribution is 0.586. The minimum Gasteiger partial charge on any atom is -0.376 e. The zero-order valence-electron chi connectivity index (χ0n) is 9.48. The number of hydrogen-bond acceptors (Lipinski definition) is 1. The lowest BCUT2D eigenvalue weighted by atomic mass is 10.2. The van der Waals surface area contributed by atoms with Crippen molar-refractivity contribution in [1.29, 1.82) is 0 Å². The highest BCUT2D eigenvalue weighted by atomic mass is 79.9. The molecule has 0 saturated carbocycles. The maximum absolute atomic E-state index is 13.6. The van der Waals surface area contributed by atoms with Crippen molar-refractivity contribution in [3.05, 3.63) is 60.9 Å². The standard InChI is InChI=1S/C13H8Br3F2N/c14-8-4-11(17)13(12(18)5-8)19-6-7-1-2-9(15)10(16)3-7/h1-5,19H,6H2. The molecule has 1 N–H and O–H groups in total. The summed E-state index contributed by atoms with van der Waals surface area (Å²) in [5.41, 5.74) is 0.791. The monoisotopic (exact) mass is 453 g/mol. The van der Waals surface area contributed by atoms with E-state index in [-0.39, 0.29) is 5.69 Å². The quantitative estimate of drug-likeness (QED) is 0.611. The van der Waals surface area contributed by atoms with Crippen molar-refractivity contribution in [2.45, 2.75) is 6.54 Å². The van der Waals surface area contributed by atoms with Crippen LogP contribution in [0, 0.1) is 11.6 Å². The SMILES string of the molecule is Fc1cc(Br)cc(F)c1NCc1ccc(Br)c(Br)c1. The van der Waals surface area contributed by atoms with E-state index < -0.39 is 11.6 Å². The van der Waals surface area contributed by atoms with E-state index in [9.17, 15) is 8.78 Å². The van der Waals surface area contributed by atoms with Gasteiger partial charge in [0.2, 0.25) is 0 Å². The summed E-state index contributed by atoms with van der Waals surface area (Å²) in [5.74, 6) is -1.24. The molecule has 6 heteroatoms. The number of nitrogens with one attached hydrogen (secondary N) is 1. The molecular formula is C13H8Br3F2N. The fourth-order valence-corrected chi connectivity index (χ4v) is 2.63. The number of halogens is 5. The van der Waals surface area contributed by atoms with Crippen LogP contribution in [0.2, 0.25) is 0 Å². The molecule has 0 aromatic heterocycles.